The molecule has 0 aromatic heterocycles. The van der Waals surface area contributed by atoms with Gasteiger partial charge >= 0.3 is 0 Å². The second-order valence-corrected chi connectivity index (χ2v) is 1.94. The molecule has 0 bridgehead atoms. The maximum atomic E-state index is 4.86. The van der Waals surface area contributed by atoms with Crippen LogP contribution in [-0.4, -0.2) is 13.7 Å². The highest BCUT2D eigenvalue weighted by Crippen LogP contribution is 1.86. The molecule has 0 heterocycles. The lowest BCUT2D eigenvalue weighted by atomic mass is 10.3. The maximum Gasteiger partial charge on any atom is 0.0471 e. The maximum absolute atomic E-state index is 4.86. The first-order valence-corrected chi connectivity index (χ1v) is 3.47. The minimum Gasteiger partial charge on any atom is -0.385 e. The van der Waals surface area contributed by atoms with Crippen LogP contribution in [0.1, 0.15) is 19.3 Å². The molecule has 0 spiro atoms. The van der Waals surface area contributed by atoms with Crippen molar-refractivity contribution >= 4 is 0 Å². The number of unbranched alkanes of at least 4 members (excludes halogenated alkanes) is 1. The summed E-state index contributed by atoms with van der Waals surface area (Å²) in [6.07, 6.45) is 4.57. The van der Waals surface area contributed by atoms with Crippen molar-refractivity contribution < 1.29 is 4.74 Å². The summed E-state index contributed by atoms with van der Waals surface area (Å²) >= 11 is 0. The Bertz CT molecular complexity index is 127. The van der Waals surface area contributed by atoms with Gasteiger partial charge < -0.3 is 4.74 Å². The average Bonchev–Trinajstić information content (AvgIpc) is 1.97. The zero-order chi connectivity index (χ0) is 7.66. The molecule has 0 aliphatic heterocycles. The molecule has 0 N–H and O–H groups in total. The first kappa shape index (κ1) is 9.26. The Morgan fingerprint density at radius 3 is 2.90 bits per heavy atom. The Morgan fingerprint density at radius 1 is 1.50 bits per heavy atom. The number of allylic oxidation sites excluding steroid dienone is 1. The zero-order valence-corrected chi connectivity index (χ0v) is 6.52. The van der Waals surface area contributed by atoms with Crippen LogP contribution >= 0.6 is 0 Å². The number of hydrogen-bond donors (Lipinski definition) is 0. The van der Waals surface area contributed by atoms with E-state index in [1.54, 1.807) is 7.11 Å². The summed E-state index contributed by atoms with van der Waals surface area (Å²) in [4.78, 5) is 0. The standard InChI is InChI=1S/C9H14O/c1-3-4-5-6-7-8-9-10-2/h3H,1,4,7-9H2,2H3. The van der Waals surface area contributed by atoms with Crippen molar-refractivity contribution in [1.82, 2.24) is 0 Å². The second-order valence-electron chi connectivity index (χ2n) is 1.94. The molecule has 0 saturated carbocycles. The smallest absolute Gasteiger partial charge is 0.0471 e. The SMILES string of the molecule is C=CCC#CCCCOC. The third-order valence-electron chi connectivity index (χ3n) is 1.02. The van der Waals surface area contributed by atoms with Gasteiger partial charge in [-0.3, -0.25) is 0 Å². The molecular weight excluding hydrogens is 124 g/mol. The van der Waals surface area contributed by atoms with Crippen molar-refractivity contribution in [3.05, 3.63) is 12.7 Å². The van der Waals surface area contributed by atoms with E-state index in [0.29, 0.717) is 0 Å². The molecule has 1 nitrogen and oxygen atoms in total. The number of methoxy groups -OCH3 is 1. The van der Waals surface area contributed by atoms with E-state index in [2.05, 4.69) is 18.4 Å². The molecule has 0 rings (SSSR count). The van der Waals surface area contributed by atoms with Crippen molar-refractivity contribution in [2.45, 2.75) is 19.3 Å². The number of ether oxygens (including phenoxy) is 1. The van der Waals surface area contributed by atoms with Crippen molar-refractivity contribution in [1.29, 1.82) is 0 Å². The van der Waals surface area contributed by atoms with Crippen LogP contribution in [0, 0.1) is 11.8 Å². The molecule has 0 saturated heterocycles. The van der Waals surface area contributed by atoms with E-state index in [1.807, 2.05) is 6.08 Å². The van der Waals surface area contributed by atoms with E-state index in [0.717, 1.165) is 25.9 Å². The van der Waals surface area contributed by atoms with Gasteiger partial charge in [-0.2, -0.15) is 0 Å². The van der Waals surface area contributed by atoms with Crippen LogP contribution in [0.5, 0.6) is 0 Å². The minimum absolute atomic E-state index is 0.799. The normalized spacial score (nSPS) is 8.10. The summed E-state index contributed by atoms with van der Waals surface area (Å²) in [5.74, 6) is 5.99. The molecule has 0 fully saturated rings. The molecule has 1 heteroatoms. The Labute approximate surface area is 63.1 Å². The van der Waals surface area contributed by atoms with Crippen LogP contribution in [-0.2, 0) is 4.74 Å². The van der Waals surface area contributed by atoms with Gasteiger partial charge in [-0.15, -0.1) is 12.5 Å². The van der Waals surface area contributed by atoms with E-state index in [4.69, 9.17) is 4.74 Å². The highest BCUT2D eigenvalue weighted by Gasteiger charge is 1.78. The fraction of sp³-hybridized carbons (Fsp3) is 0.556. The molecular formula is C9H14O. The summed E-state index contributed by atoms with van der Waals surface area (Å²) in [6.45, 7) is 4.38. The second kappa shape index (κ2) is 8.26. The Morgan fingerprint density at radius 2 is 2.30 bits per heavy atom. The fourth-order valence-electron chi connectivity index (χ4n) is 0.538. The summed E-state index contributed by atoms with van der Waals surface area (Å²) in [7, 11) is 1.71. The van der Waals surface area contributed by atoms with Crippen molar-refractivity contribution in [3.8, 4) is 11.8 Å². The van der Waals surface area contributed by atoms with Gasteiger partial charge in [0.1, 0.15) is 0 Å². The highest BCUT2D eigenvalue weighted by molar-refractivity contribution is 5.02. The van der Waals surface area contributed by atoms with E-state index in [1.165, 1.54) is 0 Å². The van der Waals surface area contributed by atoms with Crippen LogP contribution in [0.25, 0.3) is 0 Å². The first-order chi connectivity index (χ1) is 4.91. The lowest BCUT2D eigenvalue weighted by molar-refractivity contribution is 0.196. The molecule has 56 valence electrons. The third kappa shape index (κ3) is 7.26. The summed E-state index contributed by atoms with van der Waals surface area (Å²) < 4.78 is 4.86. The van der Waals surface area contributed by atoms with Gasteiger partial charge in [0.15, 0.2) is 0 Å². The number of hydrogen-bond acceptors (Lipinski definition) is 1. The minimum atomic E-state index is 0.799. The third-order valence-corrected chi connectivity index (χ3v) is 1.02. The van der Waals surface area contributed by atoms with Gasteiger partial charge in [0.2, 0.25) is 0 Å². The van der Waals surface area contributed by atoms with Gasteiger partial charge in [0.05, 0.1) is 0 Å². The van der Waals surface area contributed by atoms with Crippen LogP contribution < -0.4 is 0 Å². The monoisotopic (exact) mass is 138 g/mol. The average molecular weight is 138 g/mol. The summed E-state index contributed by atoms with van der Waals surface area (Å²) in [5, 5.41) is 0. The van der Waals surface area contributed by atoms with E-state index >= 15 is 0 Å². The molecule has 0 aromatic rings. The number of rotatable bonds is 4. The largest absolute Gasteiger partial charge is 0.385 e. The Kier molecular flexibility index (Phi) is 7.65. The van der Waals surface area contributed by atoms with E-state index < -0.39 is 0 Å². The fourth-order valence-corrected chi connectivity index (χ4v) is 0.538. The Hall–Kier alpha value is -0.740. The van der Waals surface area contributed by atoms with Gasteiger partial charge in [-0.1, -0.05) is 12.0 Å². The zero-order valence-electron chi connectivity index (χ0n) is 6.52. The molecule has 0 aliphatic rings. The lowest BCUT2D eigenvalue weighted by Gasteiger charge is -1.90. The van der Waals surface area contributed by atoms with Gasteiger partial charge in [-0.25, -0.2) is 0 Å². The lowest BCUT2D eigenvalue weighted by Crippen LogP contribution is -1.85. The highest BCUT2D eigenvalue weighted by atomic mass is 16.5. The summed E-state index contributed by atoms with van der Waals surface area (Å²) in [6, 6.07) is 0. The molecule has 0 radical (unpaired) electrons. The van der Waals surface area contributed by atoms with Gasteiger partial charge in [-0.05, 0) is 6.42 Å². The van der Waals surface area contributed by atoms with Crippen molar-refractivity contribution in [3.63, 3.8) is 0 Å². The molecule has 0 unspecified atom stereocenters. The van der Waals surface area contributed by atoms with Crippen LogP contribution in [0.4, 0.5) is 0 Å². The predicted molar refractivity (Wildman–Crippen MR) is 43.7 cm³/mol. The topological polar surface area (TPSA) is 9.23 Å². The van der Waals surface area contributed by atoms with Crippen LogP contribution in [0.3, 0.4) is 0 Å². The van der Waals surface area contributed by atoms with Gasteiger partial charge in [0.25, 0.3) is 0 Å². The summed E-state index contributed by atoms with van der Waals surface area (Å²) in [5.41, 5.74) is 0. The molecule has 0 atom stereocenters. The predicted octanol–water partition coefficient (Wildman–Crippen LogP) is 1.99. The molecule has 0 aromatic carbocycles. The molecule has 0 amide bonds. The molecule has 10 heavy (non-hydrogen) atoms. The quantitative estimate of drug-likeness (QED) is 0.328. The first-order valence-electron chi connectivity index (χ1n) is 3.47. The van der Waals surface area contributed by atoms with E-state index in [9.17, 15) is 0 Å². The molecule has 0 aliphatic carbocycles. The van der Waals surface area contributed by atoms with Gasteiger partial charge in [0, 0.05) is 26.6 Å². The van der Waals surface area contributed by atoms with Crippen LogP contribution in [0.2, 0.25) is 0 Å². The van der Waals surface area contributed by atoms with E-state index in [-0.39, 0.29) is 0 Å². The Balaban J connectivity index is 3.03. The van der Waals surface area contributed by atoms with Crippen molar-refractivity contribution in [2.24, 2.45) is 0 Å². The van der Waals surface area contributed by atoms with Crippen LogP contribution in [0.15, 0.2) is 12.7 Å². The van der Waals surface area contributed by atoms with Crippen molar-refractivity contribution in [2.75, 3.05) is 13.7 Å².